The molecule has 2 unspecified atom stereocenters. The number of aromatic amines is 1. The number of hydrogen-bond acceptors (Lipinski definition) is 6. The fourth-order valence-corrected chi connectivity index (χ4v) is 4.89. The van der Waals surface area contributed by atoms with Gasteiger partial charge in [-0.1, -0.05) is 0 Å². The number of rotatable bonds is 5. The molecule has 0 aliphatic carbocycles. The van der Waals surface area contributed by atoms with Gasteiger partial charge in [-0.05, 0) is 64.4 Å². The Hall–Kier alpha value is -2.65. The molecule has 0 saturated carbocycles. The zero-order valence-electron chi connectivity index (χ0n) is 17.0. The molecule has 2 aromatic heterocycles. The summed E-state index contributed by atoms with van der Waals surface area (Å²) in [5, 5.41) is 4.28. The van der Waals surface area contributed by atoms with Crippen molar-refractivity contribution >= 4 is 38.2 Å². The lowest BCUT2D eigenvalue weighted by atomic mass is 10.2. The van der Waals surface area contributed by atoms with Crippen molar-refractivity contribution in [1.82, 2.24) is 19.7 Å². The normalized spacial score (nSPS) is 19.8. The molecule has 3 aromatic rings. The smallest absolute Gasteiger partial charge is 0.240 e. The minimum Gasteiger partial charge on any atom is -0.364 e. The summed E-state index contributed by atoms with van der Waals surface area (Å²) < 4.78 is 27.2. The quantitative estimate of drug-likeness (QED) is 0.592. The molecular weight excluding hydrogens is 388 g/mol. The third kappa shape index (κ3) is 3.44. The van der Waals surface area contributed by atoms with Gasteiger partial charge in [0, 0.05) is 18.3 Å². The number of aromatic nitrogens is 3. The molecule has 3 heterocycles. The average Bonchev–Trinajstić information content (AvgIpc) is 3.25. The van der Waals surface area contributed by atoms with Gasteiger partial charge in [0.05, 0.1) is 21.7 Å². The van der Waals surface area contributed by atoms with Crippen molar-refractivity contribution in [3.05, 3.63) is 36.3 Å². The summed E-state index contributed by atoms with van der Waals surface area (Å²) in [6.07, 6.45) is 5.59. The van der Waals surface area contributed by atoms with E-state index >= 15 is 0 Å². The van der Waals surface area contributed by atoms with E-state index in [2.05, 4.69) is 43.7 Å². The van der Waals surface area contributed by atoms with Gasteiger partial charge in [0.25, 0.3) is 0 Å². The topological polar surface area (TPSA) is 103 Å². The molecule has 0 spiro atoms. The molecule has 0 bridgehead atoms. The summed E-state index contributed by atoms with van der Waals surface area (Å²) >= 11 is 0. The molecule has 8 nitrogen and oxygen atoms in total. The fraction of sp³-hybridized carbons (Fsp3) is 0.400. The molecule has 1 aliphatic rings. The van der Waals surface area contributed by atoms with Crippen LogP contribution in [0.2, 0.25) is 0 Å². The second kappa shape index (κ2) is 7.31. The Morgan fingerprint density at radius 2 is 1.90 bits per heavy atom. The largest absolute Gasteiger partial charge is 0.364 e. The molecule has 1 aromatic carbocycles. The highest BCUT2D eigenvalue weighted by molar-refractivity contribution is 7.89. The van der Waals surface area contributed by atoms with E-state index in [9.17, 15) is 8.42 Å². The van der Waals surface area contributed by atoms with Gasteiger partial charge in [-0.3, -0.25) is 0 Å². The Labute approximate surface area is 170 Å². The van der Waals surface area contributed by atoms with Gasteiger partial charge in [-0.2, -0.15) is 0 Å². The highest BCUT2D eigenvalue weighted by Gasteiger charge is 2.30. The van der Waals surface area contributed by atoms with Gasteiger partial charge in [0.2, 0.25) is 10.0 Å². The molecule has 3 N–H and O–H groups in total. The molecule has 1 aliphatic heterocycles. The number of nitrogens with zero attached hydrogens (tertiary/aromatic N) is 3. The predicted molar refractivity (Wildman–Crippen MR) is 115 cm³/mol. The minimum absolute atomic E-state index is 0.210. The molecular formula is C20H26N6O2S. The third-order valence-electron chi connectivity index (χ3n) is 5.70. The molecule has 1 fully saturated rings. The zero-order valence-corrected chi connectivity index (χ0v) is 17.8. The standard InChI is InChI=1S/C20H26N6O2S/c1-12-10-22-19-18(12)20(24-11-23-19)25-16-9-15(29(27,28)21-4)7-8-17(16)26-13(2)5-6-14(26)3/h7-11,13-14,21H,5-6H2,1-4H3,(H2,22,23,24,25). The van der Waals surface area contributed by atoms with E-state index in [1.54, 1.807) is 12.1 Å². The van der Waals surface area contributed by atoms with Crippen LogP contribution in [0, 0.1) is 6.92 Å². The van der Waals surface area contributed by atoms with Crippen LogP contribution in [-0.4, -0.2) is 42.5 Å². The summed E-state index contributed by atoms with van der Waals surface area (Å²) in [6.45, 7) is 6.39. The molecule has 4 rings (SSSR count). The number of hydrogen-bond donors (Lipinski definition) is 3. The average molecular weight is 415 g/mol. The Morgan fingerprint density at radius 3 is 2.59 bits per heavy atom. The van der Waals surface area contributed by atoms with Crippen LogP contribution in [0.15, 0.2) is 35.6 Å². The molecule has 0 amide bonds. The van der Waals surface area contributed by atoms with Crippen molar-refractivity contribution < 1.29 is 8.42 Å². The first kappa shape index (κ1) is 19.7. The van der Waals surface area contributed by atoms with Crippen LogP contribution < -0.4 is 14.9 Å². The van der Waals surface area contributed by atoms with Crippen LogP contribution in [0.5, 0.6) is 0 Å². The molecule has 9 heteroatoms. The monoisotopic (exact) mass is 414 g/mol. The van der Waals surface area contributed by atoms with Gasteiger partial charge in [-0.25, -0.2) is 23.1 Å². The number of nitrogens with one attached hydrogen (secondary N) is 3. The van der Waals surface area contributed by atoms with Gasteiger partial charge in [0.15, 0.2) is 0 Å². The van der Waals surface area contributed by atoms with Gasteiger partial charge < -0.3 is 15.2 Å². The summed E-state index contributed by atoms with van der Waals surface area (Å²) in [6, 6.07) is 5.96. The maximum Gasteiger partial charge on any atom is 0.240 e. The van der Waals surface area contributed by atoms with Crippen LogP contribution in [0.25, 0.3) is 11.0 Å². The molecule has 2 atom stereocenters. The van der Waals surface area contributed by atoms with Crippen LogP contribution in [0.3, 0.4) is 0 Å². The lowest BCUT2D eigenvalue weighted by molar-refractivity contribution is 0.588. The first-order valence-corrected chi connectivity index (χ1v) is 11.2. The summed E-state index contributed by atoms with van der Waals surface area (Å²) in [5.41, 5.74) is 3.44. The zero-order chi connectivity index (χ0) is 20.8. The number of aryl methyl sites for hydroxylation is 1. The van der Waals surface area contributed by atoms with Crippen LogP contribution >= 0.6 is 0 Å². The highest BCUT2D eigenvalue weighted by Crippen LogP contribution is 2.38. The summed E-state index contributed by atoms with van der Waals surface area (Å²) in [5.74, 6) is 0.647. The van der Waals surface area contributed by atoms with Crippen molar-refractivity contribution in [2.75, 3.05) is 17.3 Å². The Kier molecular flexibility index (Phi) is 4.95. The molecule has 0 radical (unpaired) electrons. The lowest BCUT2D eigenvalue weighted by Crippen LogP contribution is -2.33. The van der Waals surface area contributed by atoms with E-state index in [1.165, 1.54) is 13.4 Å². The summed E-state index contributed by atoms with van der Waals surface area (Å²) in [7, 11) is -2.15. The number of benzene rings is 1. The summed E-state index contributed by atoms with van der Waals surface area (Å²) in [4.78, 5) is 14.4. The first-order valence-electron chi connectivity index (χ1n) is 9.73. The van der Waals surface area contributed by atoms with Crippen molar-refractivity contribution in [2.24, 2.45) is 0 Å². The molecule has 1 saturated heterocycles. The lowest BCUT2D eigenvalue weighted by Gasteiger charge is -2.31. The van der Waals surface area contributed by atoms with Gasteiger partial charge >= 0.3 is 0 Å². The molecule has 29 heavy (non-hydrogen) atoms. The van der Waals surface area contributed by atoms with E-state index in [4.69, 9.17) is 0 Å². The second-order valence-corrected chi connectivity index (χ2v) is 9.50. The third-order valence-corrected chi connectivity index (χ3v) is 7.11. The maximum absolute atomic E-state index is 12.4. The van der Waals surface area contributed by atoms with E-state index in [0.717, 1.165) is 35.1 Å². The highest BCUT2D eigenvalue weighted by atomic mass is 32.2. The van der Waals surface area contributed by atoms with Crippen LogP contribution in [0.4, 0.5) is 17.2 Å². The maximum atomic E-state index is 12.4. The number of fused-ring (bicyclic) bond motifs is 1. The van der Waals surface area contributed by atoms with E-state index in [-0.39, 0.29) is 4.90 Å². The van der Waals surface area contributed by atoms with E-state index < -0.39 is 10.0 Å². The fourth-order valence-electron chi connectivity index (χ4n) is 4.13. The van der Waals surface area contributed by atoms with E-state index in [0.29, 0.717) is 23.6 Å². The minimum atomic E-state index is -3.57. The Bertz CT molecular complexity index is 1150. The van der Waals surface area contributed by atoms with Crippen molar-refractivity contribution in [3.8, 4) is 0 Å². The van der Waals surface area contributed by atoms with Crippen molar-refractivity contribution in [1.29, 1.82) is 0 Å². The van der Waals surface area contributed by atoms with Crippen LogP contribution in [-0.2, 0) is 10.0 Å². The number of H-pyrrole nitrogens is 1. The predicted octanol–water partition coefficient (Wildman–Crippen LogP) is 3.30. The number of anilines is 3. The first-order chi connectivity index (χ1) is 13.8. The Balaban J connectivity index is 1.86. The van der Waals surface area contributed by atoms with E-state index in [1.807, 2.05) is 19.2 Å². The Morgan fingerprint density at radius 1 is 1.17 bits per heavy atom. The SMILES string of the molecule is CNS(=O)(=O)c1ccc(N2C(C)CCC2C)c(Nc2ncnc3[nH]cc(C)c23)c1. The van der Waals surface area contributed by atoms with Crippen molar-refractivity contribution in [3.63, 3.8) is 0 Å². The van der Waals surface area contributed by atoms with Crippen LogP contribution in [0.1, 0.15) is 32.3 Å². The molecule has 154 valence electrons. The second-order valence-electron chi connectivity index (χ2n) is 7.61. The van der Waals surface area contributed by atoms with Crippen molar-refractivity contribution in [2.45, 2.75) is 50.6 Å². The number of sulfonamides is 1. The van der Waals surface area contributed by atoms with Gasteiger partial charge in [0.1, 0.15) is 17.8 Å². The van der Waals surface area contributed by atoms with Gasteiger partial charge in [-0.15, -0.1) is 0 Å².